The van der Waals surface area contributed by atoms with Crippen LogP contribution >= 0.6 is 0 Å². The Morgan fingerprint density at radius 3 is 2.20 bits per heavy atom. The van der Waals surface area contributed by atoms with E-state index in [0.717, 1.165) is 18.8 Å². The van der Waals surface area contributed by atoms with E-state index in [-0.39, 0.29) is 0 Å². The number of hydrogen-bond donors (Lipinski definition) is 2. The molecule has 0 unspecified atom stereocenters. The first-order valence-corrected chi connectivity index (χ1v) is 7.98. The van der Waals surface area contributed by atoms with E-state index in [1.54, 1.807) is 27.3 Å². The third-order valence-corrected chi connectivity index (χ3v) is 3.75. The molecule has 2 heterocycles. The first-order valence-electron chi connectivity index (χ1n) is 7.98. The minimum atomic E-state index is 0.441. The van der Waals surface area contributed by atoms with Gasteiger partial charge in [-0.25, -0.2) is 0 Å². The van der Waals surface area contributed by atoms with E-state index in [1.165, 1.54) is 0 Å². The summed E-state index contributed by atoms with van der Waals surface area (Å²) in [6, 6.07) is 5.50. The van der Waals surface area contributed by atoms with Crippen LogP contribution in [0.15, 0.2) is 18.2 Å². The molecule has 1 aromatic carbocycles. The van der Waals surface area contributed by atoms with Crippen molar-refractivity contribution in [2.24, 2.45) is 0 Å². The summed E-state index contributed by atoms with van der Waals surface area (Å²) in [6.45, 7) is 2.83. The molecule has 2 N–H and O–H groups in total. The smallest absolute Gasteiger partial charge is 0.233 e. The molecule has 1 aromatic heterocycles. The number of anilines is 4. The lowest BCUT2D eigenvalue weighted by Crippen LogP contribution is -2.37. The summed E-state index contributed by atoms with van der Waals surface area (Å²) in [5.41, 5.74) is 0.761. The molecule has 3 rings (SSSR count). The molecule has 0 bridgehead atoms. The Bertz CT molecular complexity index is 699. The van der Waals surface area contributed by atoms with Gasteiger partial charge < -0.3 is 29.7 Å². The van der Waals surface area contributed by atoms with Gasteiger partial charge in [-0.15, -0.1) is 0 Å². The van der Waals surface area contributed by atoms with Crippen molar-refractivity contribution in [1.82, 2.24) is 15.0 Å². The molecule has 0 amide bonds. The van der Waals surface area contributed by atoms with Crippen LogP contribution in [0.1, 0.15) is 0 Å². The van der Waals surface area contributed by atoms with Crippen LogP contribution in [0.25, 0.3) is 0 Å². The lowest BCUT2D eigenvalue weighted by molar-refractivity contribution is 0.122. The average molecular weight is 346 g/mol. The minimum absolute atomic E-state index is 0.441. The molecule has 0 aliphatic carbocycles. The average Bonchev–Trinajstić information content (AvgIpc) is 2.68. The molecule has 1 aliphatic rings. The molecule has 9 heteroatoms. The molecule has 1 saturated heterocycles. The monoisotopic (exact) mass is 346 g/mol. The predicted molar refractivity (Wildman–Crippen MR) is 95.2 cm³/mol. The van der Waals surface area contributed by atoms with Crippen LogP contribution in [0.5, 0.6) is 11.5 Å². The van der Waals surface area contributed by atoms with Gasteiger partial charge in [-0.05, 0) is 0 Å². The van der Waals surface area contributed by atoms with Crippen LogP contribution < -0.4 is 25.0 Å². The molecule has 0 spiro atoms. The summed E-state index contributed by atoms with van der Waals surface area (Å²) in [4.78, 5) is 15.4. The van der Waals surface area contributed by atoms with Gasteiger partial charge in [0, 0.05) is 44.0 Å². The molecular weight excluding hydrogens is 324 g/mol. The summed E-state index contributed by atoms with van der Waals surface area (Å²) in [7, 11) is 4.99. The van der Waals surface area contributed by atoms with Gasteiger partial charge in [-0.3, -0.25) is 0 Å². The molecule has 9 nitrogen and oxygen atoms in total. The van der Waals surface area contributed by atoms with Crippen molar-refractivity contribution in [3.8, 4) is 11.5 Å². The molecule has 0 saturated carbocycles. The number of rotatable bonds is 6. The highest BCUT2D eigenvalue weighted by Crippen LogP contribution is 2.27. The van der Waals surface area contributed by atoms with Crippen molar-refractivity contribution in [1.29, 1.82) is 0 Å². The number of aromatic nitrogens is 3. The van der Waals surface area contributed by atoms with Crippen LogP contribution in [-0.4, -0.2) is 62.5 Å². The third-order valence-electron chi connectivity index (χ3n) is 3.75. The maximum absolute atomic E-state index is 5.38. The van der Waals surface area contributed by atoms with Crippen molar-refractivity contribution < 1.29 is 14.2 Å². The maximum atomic E-state index is 5.38. The summed E-state index contributed by atoms with van der Waals surface area (Å²) in [5, 5.41) is 6.16. The van der Waals surface area contributed by atoms with E-state index < -0.39 is 0 Å². The first-order chi connectivity index (χ1) is 12.2. The molecule has 1 fully saturated rings. The van der Waals surface area contributed by atoms with Gasteiger partial charge in [-0.1, -0.05) is 0 Å². The van der Waals surface area contributed by atoms with E-state index in [9.17, 15) is 0 Å². The highest BCUT2D eigenvalue weighted by molar-refractivity contribution is 5.60. The molecule has 134 valence electrons. The van der Waals surface area contributed by atoms with Crippen molar-refractivity contribution in [3.63, 3.8) is 0 Å². The summed E-state index contributed by atoms with van der Waals surface area (Å²) >= 11 is 0. The van der Waals surface area contributed by atoms with Crippen molar-refractivity contribution in [2.75, 3.05) is 63.1 Å². The Balaban J connectivity index is 1.88. The van der Waals surface area contributed by atoms with Crippen LogP contribution in [-0.2, 0) is 4.74 Å². The topological polar surface area (TPSA) is 93.7 Å². The number of nitrogens with zero attached hydrogens (tertiary/aromatic N) is 4. The lowest BCUT2D eigenvalue weighted by Gasteiger charge is -2.27. The highest BCUT2D eigenvalue weighted by atomic mass is 16.5. The fraction of sp³-hybridized carbons (Fsp3) is 0.438. The van der Waals surface area contributed by atoms with Gasteiger partial charge in [0.05, 0.1) is 27.4 Å². The number of benzene rings is 1. The van der Waals surface area contributed by atoms with Gasteiger partial charge in [0.1, 0.15) is 11.5 Å². The normalized spacial score (nSPS) is 14.1. The van der Waals surface area contributed by atoms with E-state index in [1.807, 2.05) is 12.1 Å². The SMILES string of the molecule is CNc1nc(Nc2cc(OC)cc(OC)c2)nc(N2CCOCC2)n1. The Hall–Kier alpha value is -2.81. The summed E-state index contributed by atoms with van der Waals surface area (Å²) in [5.74, 6) is 2.90. The Morgan fingerprint density at radius 1 is 0.960 bits per heavy atom. The zero-order valence-electron chi connectivity index (χ0n) is 14.6. The molecule has 25 heavy (non-hydrogen) atoms. The standard InChI is InChI=1S/C16H22N6O3/c1-17-14-19-15(21-16(20-14)22-4-6-25-7-5-22)18-11-8-12(23-2)10-13(9-11)24-3/h8-10H,4-7H2,1-3H3,(H2,17,18,19,20,21). The minimum Gasteiger partial charge on any atom is -0.497 e. The van der Waals surface area contributed by atoms with Crippen LogP contribution in [0, 0.1) is 0 Å². The van der Waals surface area contributed by atoms with Gasteiger partial charge >= 0.3 is 0 Å². The number of nitrogens with one attached hydrogen (secondary N) is 2. The predicted octanol–water partition coefficient (Wildman–Crippen LogP) is 1.51. The van der Waals surface area contributed by atoms with E-state index in [0.29, 0.717) is 42.6 Å². The van der Waals surface area contributed by atoms with Crippen LogP contribution in [0.2, 0.25) is 0 Å². The Morgan fingerprint density at radius 2 is 1.60 bits per heavy atom. The second-order valence-electron chi connectivity index (χ2n) is 5.36. The van der Waals surface area contributed by atoms with Gasteiger partial charge in [0.15, 0.2) is 0 Å². The van der Waals surface area contributed by atoms with Crippen molar-refractivity contribution in [2.45, 2.75) is 0 Å². The van der Waals surface area contributed by atoms with Gasteiger partial charge in [0.25, 0.3) is 0 Å². The highest BCUT2D eigenvalue weighted by Gasteiger charge is 2.16. The second-order valence-corrected chi connectivity index (χ2v) is 5.36. The number of morpholine rings is 1. The quantitative estimate of drug-likeness (QED) is 0.807. The second kappa shape index (κ2) is 7.84. The molecular formula is C16H22N6O3. The van der Waals surface area contributed by atoms with Crippen LogP contribution in [0.4, 0.5) is 23.5 Å². The zero-order chi connectivity index (χ0) is 17.6. The van der Waals surface area contributed by atoms with Gasteiger partial charge in [0.2, 0.25) is 17.8 Å². The Kier molecular flexibility index (Phi) is 5.34. The fourth-order valence-corrected chi connectivity index (χ4v) is 2.45. The summed E-state index contributed by atoms with van der Waals surface area (Å²) < 4.78 is 16.0. The first kappa shape index (κ1) is 17.0. The third kappa shape index (κ3) is 4.18. The van der Waals surface area contributed by atoms with Crippen LogP contribution in [0.3, 0.4) is 0 Å². The van der Waals surface area contributed by atoms with Crippen molar-refractivity contribution in [3.05, 3.63) is 18.2 Å². The largest absolute Gasteiger partial charge is 0.497 e. The number of hydrogen-bond acceptors (Lipinski definition) is 9. The molecule has 0 atom stereocenters. The van der Waals surface area contributed by atoms with E-state index in [2.05, 4.69) is 30.5 Å². The number of ether oxygens (including phenoxy) is 3. The lowest BCUT2D eigenvalue weighted by atomic mass is 10.3. The molecule has 1 aliphatic heterocycles. The maximum Gasteiger partial charge on any atom is 0.233 e. The number of methoxy groups -OCH3 is 2. The van der Waals surface area contributed by atoms with Crippen molar-refractivity contribution >= 4 is 23.5 Å². The van der Waals surface area contributed by atoms with E-state index >= 15 is 0 Å². The zero-order valence-corrected chi connectivity index (χ0v) is 14.6. The summed E-state index contributed by atoms with van der Waals surface area (Å²) in [6.07, 6.45) is 0. The fourth-order valence-electron chi connectivity index (χ4n) is 2.45. The van der Waals surface area contributed by atoms with Gasteiger partial charge in [-0.2, -0.15) is 15.0 Å². The molecule has 2 aromatic rings. The van der Waals surface area contributed by atoms with E-state index in [4.69, 9.17) is 14.2 Å². The Labute approximate surface area is 146 Å². The molecule has 0 radical (unpaired) electrons.